The molecule has 8 heteroatoms. The molecule has 0 amide bonds. The van der Waals surface area contributed by atoms with Gasteiger partial charge in [-0.1, -0.05) is 0 Å². The molecule has 19 heavy (non-hydrogen) atoms. The third kappa shape index (κ3) is 6.81. The predicted octanol–water partition coefficient (Wildman–Crippen LogP) is -3.08. The first-order chi connectivity index (χ1) is 8.83. The Kier molecular flexibility index (Phi) is 8.81. The van der Waals surface area contributed by atoms with Gasteiger partial charge in [-0.05, 0) is 7.05 Å². The summed E-state index contributed by atoms with van der Waals surface area (Å²) in [5.41, 5.74) is 0. The average molecular weight is 281 g/mol. The van der Waals surface area contributed by atoms with Crippen molar-refractivity contribution in [2.24, 2.45) is 0 Å². The van der Waals surface area contributed by atoms with E-state index >= 15 is 0 Å². The smallest absolute Gasteiger partial charge is 0.306 e. The second kappa shape index (κ2) is 9.18. The number of rotatable bonds is 9. The van der Waals surface area contributed by atoms with E-state index in [0.717, 1.165) is 0 Å². The summed E-state index contributed by atoms with van der Waals surface area (Å²) < 4.78 is 4.46. The molecule has 0 spiro atoms. The van der Waals surface area contributed by atoms with Crippen LogP contribution in [-0.4, -0.2) is 94.7 Å². The number of ether oxygens (including phenoxy) is 1. The van der Waals surface area contributed by atoms with Gasteiger partial charge in [0.25, 0.3) is 0 Å². The normalized spacial score (nSPS) is 17.9. The van der Waals surface area contributed by atoms with Crippen molar-refractivity contribution >= 4 is 5.97 Å². The topological polar surface area (TPSA) is 131 Å². The molecule has 0 rings (SSSR count). The molecule has 0 bridgehead atoms. The van der Waals surface area contributed by atoms with E-state index < -0.39 is 37.0 Å². The maximum atomic E-state index is 10.9. The highest BCUT2D eigenvalue weighted by Gasteiger charge is 2.30. The fourth-order valence-corrected chi connectivity index (χ4v) is 1.47. The van der Waals surface area contributed by atoms with E-state index in [-0.39, 0.29) is 13.0 Å². The molecular formula is C11H23NO7. The van der Waals surface area contributed by atoms with Gasteiger partial charge < -0.3 is 35.2 Å². The Labute approximate surface area is 111 Å². The van der Waals surface area contributed by atoms with Gasteiger partial charge in [-0.3, -0.25) is 4.79 Å². The third-order valence-electron chi connectivity index (χ3n) is 2.75. The summed E-state index contributed by atoms with van der Waals surface area (Å²) >= 11 is 0. The Balaban J connectivity index is 4.13. The van der Waals surface area contributed by atoms with Crippen molar-refractivity contribution in [3.8, 4) is 0 Å². The van der Waals surface area contributed by atoms with Gasteiger partial charge in [-0.25, -0.2) is 0 Å². The van der Waals surface area contributed by atoms with Crippen LogP contribution in [0.3, 0.4) is 0 Å². The van der Waals surface area contributed by atoms with Crippen molar-refractivity contribution in [2.75, 3.05) is 33.9 Å². The first-order valence-electron chi connectivity index (χ1n) is 5.92. The van der Waals surface area contributed by atoms with Crippen LogP contribution in [0.5, 0.6) is 0 Å². The minimum Gasteiger partial charge on any atom is -0.469 e. The van der Waals surface area contributed by atoms with Crippen LogP contribution >= 0.6 is 0 Å². The number of esters is 1. The minimum absolute atomic E-state index is 0.00658. The van der Waals surface area contributed by atoms with E-state index in [1.807, 2.05) is 0 Å². The van der Waals surface area contributed by atoms with E-state index in [1.54, 1.807) is 11.9 Å². The van der Waals surface area contributed by atoms with E-state index in [4.69, 9.17) is 10.2 Å². The molecule has 5 N–H and O–H groups in total. The first kappa shape index (κ1) is 18.2. The standard InChI is InChI=1S/C11H23NO7/c1-12(4-3-9(16)19-2)5-7(14)10(17)11(18)8(15)6-13/h7-8,10-11,13-15,17-18H,3-6H2,1-2H3/t7-,8+,10+,11+/m0/s1. The lowest BCUT2D eigenvalue weighted by molar-refractivity contribution is -0.141. The average Bonchev–Trinajstić information content (AvgIpc) is 2.41. The van der Waals surface area contributed by atoms with Crippen molar-refractivity contribution in [2.45, 2.75) is 30.8 Å². The Bertz CT molecular complexity index is 263. The van der Waals surface area contributed by atoms with Gasteiger partial charge in [-0.2, -0.15) is 0 Å². The summed E-state index contributed by atoms with van der Waals surface area (Å²) in [6, 6.07) is 0. The Morgan fingerprint density at radius 3 is 2.16 bits per heavy atom. The number of hydrogen-bond acceptors (Lipinski definition) is 8. The molecule has 0 unspecified atom stereocenters. The quantitative estimate of drug-likeness (QED) is 0.281. The molecule has 0 aromatic rings. The summed E-state index contributed by atoms with van der Waals surface area (Å²) in [4.78, 5) is 12.5. The second-order valence-corrected chi connectivity index (χ2v) is 4.39. The molecule has 0 aliphatic rings. The molecule has 0 aromatic heterocycles. The zero-order valence-electron chi connectivity index (χ0n) is 11.1. The van der Waals surface area contributed by atoms with Gasteiger partial charge in [0, 0.05) is 13.1 Å². The molecule has 4 atom stereocenters. The maximum absolute atomic E-state index is 10.9. The van der Waals surface area contributed by atoms with Crippen molar-refractivity contribution < 1.29 is 35.1 Å². The van der Waals surface area contributed by atoms with E-state index in [0.29, 0.717) is 6.54 Å². The van der Waals surface area contributed by atoms with E-state index in [9.17, 15) is 20.1 Å². The van der Waals surface area contributed by atoms with Crippen molar-refractivity contribution in [1.82, 2.24) is 4.90 Å². The van der Waals surface area contributed by atoms with Gasteiger partial charge in [0.2, 0.25) is 0 Å². The molecule has 0 aliphatic carbocycles. The summed E-state index contributed by atoms with van der Waals surface area (Å²) in [5.74, 6) is -0.391. The predicted molar refractivity (Wildman–Crippen MR) is 65.2 cm³/mol. The highest BCUT2D eigenvalue weighted by atomic mass is 16.5. The summed E-state index contributed by atoms with van der Waals surface area (Å²) in [5, 5.41) is 46.4. The Morgan fingerprint density at radius 1 is 1.16 bits per heavy atom. The summed E-state index contributed by atoms with van der Waals surface area (Å²) in [6.07, 6.45) is -5.95. The lowest BCUT2D eigenvalue weighted by Gasteiger charge is -2.28. The molecule has 8 nitrogen and oxygen atoms in total. The molecule has 0 heterocycles. The lowest BCUT2D eigenvalue weighted by Crippen LogP contribution is -2.49. The first-order valence-corrected chi connectivity index (χ1v) is 5.92. The zero-order chi connectivity index (χ0) is 15.0. The van der Waals surface area contributed by atoms with Crippen LogP contribution in [0.4, 0.5) is 0 Å². The van der Waals surface area contributed by atoms with Crippen LogP contribution in [-0.2, 0) is 9.53 Å². The van der Waals surface area contributed by atoms with Gasteiger partial charge in [0.1, 0.15) is 18.3 Å². The van der Waals surface area contributed by atoms with Crippen LogP contribution < -0.4 is 0 Å². The van der Waals surface area contributed by atoms with Crippen LogP contribution in [0.25, 0.3) is 0 Å². The molecular weight excluding hydrogens is 258 g/mol. The number of carbonyl (C=O) groups is 1. The van der Waals surface area contributed by atoms with Crippen LogP contribution in [0.1, 0.15) is 6.42 Å². The molecule has 0 radical (unpaired) electrons. The van der Waals surface area contributed by atoms with Crippen LogP contribution in [0, 0.1) is 0 Å². The largest absolute Gasteiger partial charge is 0.469 e. The lowest BCUT2D eigenvalue weighted by atomic mass is 10.0. The third-order valence-corrected chi connectivity index (χ3v) is 2.75. The van der Waals surface area contributed by atoms with Gasteiger partial charge in [-0.15, -0.1) is 0 Å². The summed E-state index contributed by atoms with van der Waals surface area (Å²) in [7, 11) is 2.89. The highest BCUT2D eigenvalue weighted by Crippen LogP contribution is 2.06. The van der Waals surface area contributed by atoms with Crippen LogP contribution in [0.15, 0.2) is 0 Å². The number of likely N-dealkylation sites (N-methyl/N-ethyl adjacent to an activating group) is 1. The van der Waals surface area contributed by atoms with E-state index in [1.165, 1.54) is 7.11 Å². The van der Waals surface area contributed by atoms with Gasteiger partial charge in [0.15, 0.2) is 0 Å². The molecule has 114 valence electrons. The number of nitrogens with zero attached hydrogens (tertiary/aromatic N) is 1. The molecule has 0 fully saturated rings. The van der Waals surface area contributed by atoms with Crippen molar-refractivity contribution in [1.29, 1.82) is 0 Å². The van der Waals surface area contributed by atoms with Crippen molar-refractivity contribution in [3.63, 3.8) is 0 Å². The molecule has 0 aliphatic heterocycles. The maximum Gasteiger partial charge on any atom is 0.306 e. The monoisotopic (exact) mass is 281 g/mol. The minimum atomic E-state index is -1.64. The number of hydrogen-bond donors (Lipinski definition) is 5. The van der Waals surface area contributed by atoms with Gasteiger partial charge >= 0.3 is 5.97 Å². The highest BCUT2D eigenvalue weighted by molar-refractivity contribution is 5.69. The SMILES string of the molecule is COC(=O)CCN(C)C[C@H](O)[C@@H](O)[C@H](O)[C@H](O)CO. The fourth-order valence-electron chi connectivity index (χ4n) is 1.47. The Hall–Kier alpha value is -0.770. The van der Waals surface area contributed by atoms with E-state index in [2.05, 4.69) is 4.74 Å². The van der Waals surface area contributed by atoms with Gasteiger partial charge in [0.05, 0.1) is 26.2 Å². The van der Waals surface area contributed by atoms with Crippen molar-refractivity contribution in [3.05, 3.63) is 0 Å². The molecule has 0 aromatic carbocycles. The second-order valence-electron chi connectivity index (χ2n) is 4.39. The number of aliphatic hydroxyl groups excluding tert-OH is 5. The summed E-state index contributed by atoms with van der Waals surface area (Å²) in [6.45, 7) is -0.411. The Morgan fingerprint density at radius 2 is 1.68 bits per heavy atom. The van der Waals surface area contributed by atoms with Crippen LogP contribution in [0.2, 0.25) is 0 Å². The number of methoxy groups -OCH3 is 1. The molecule has 0 saturated heterocycles. The number of aliphatic hydroxyl groups is 5. The fraction of sp³-hybridized carbons (Fsp3) is 0.909. The number of carbonyl (C=O) groups excluding carboxylic acids is 1. The molecule has 0 saturated carbocycles. The zero-order valence-corrected chi connectivity index (χ0v) is 11.1.